The molecule has 2 aliphatic heterocycles. The lowest BCUT2D eigenvalue weighted by Gasteiger charge is -2.35. The van der Waals surface area contributed by atoms with Crippen LogP contribution in [0, 0.1) is 0 Å². The fraction of sp³-hybridized carbons (Fsp3) is 1.00. The third-order valence-electron chi connectivity index (χ3n) is 7.41. The zero-order valence-electron chi connectivity index (χ0n) is 21.9. The molecule has 0 radical (unpaired) electrons. The summed E-state index contributed by atoms with van der Waals surface area (Å²) in [4.78, 5) is 2.19. The van der Waals surface area contributed by atoms with E-state index in [1.165, 1.54) is 51.4 Å². The highest BCUT2D eigenvalue weighted by atomic mass is 16.8. The Bertz CT molecular complexity index is 525. The van der Waals surface area contributed by atoms with Gasteiger partial charge in [-0.1, -0.05) is 58.3 Å². The Morgan fingerprint density at radius 2 is 1.58 bits per heavy atom. The van der Waals surface area contributed by atoms with Crippen molar-refractivity contribution in [2.75, 3.05) is 33.9 Å². The molecular formula is C27H51NO5. The van der Waals surface area contributed by atoms with Crippen LogP contribution in [0.2, 0.25) is 0 Å². The smallest absolute Gasteiger partial charge is 0.190 e. The molecule has 3 rings (SSSR count). The van der Waals surface area contributed by atoms with Gasteiger partial charge in [0.25, 0.3) is 0 Å². The molecule has 6 nitrogen and oxygen atoms in total. The molecule has 0 aromatic heterocycles. The van der Waals surface area contributed by atoms with E-state index in [1.807, 2.05) is 0 Å². The molecule has 2 heterocycles. The van der Waals surface area contributed by atoms with Gasteiger partial charge in [-0.05, 0) is 53.2 Å². The van der Waals surface area contributed by atoms with E-state index >= 15 is 0 Å². The van der Waals surface area contributed by atoms with E-state index in [1.54, 1.807) is 0 Å². The monoisotopic (exact) mass is 469 g/mol. The van der Waals surface area contributed by atoms with E-state index in [4.69, 9.17) is 23.7 Å². The zero-order valence-corrected chi connectivity index (χ0v) is 21.9. The van der Waals surface area contributed by atoms with Gasteiger partial charge in [0.2, 0.25) is 0 Å². The van der Waals surface area contributed by atoms with E-state index in [0.29, 0.717) is 0 Å². The van der Waals surface area contributed by atoms with Gasteiger partial charge >= 0.3 is 0 Å². The van der Waals surface area contributed by atoms with Crippen LogP contribution in [0.5, 0.6) is 0 Å². The largest absolute Gasteiger partial charge is 0.376 e. The van der Waals surface area contributed by atoms with E-state index in [0.717, 1.165) is 58.3 Å². The lowest BCUT2D eigenvalue weighted by Crippen LogP contribution is -2.44. The van der Waals surface area contributed by atoms with Crippen LogP contribution in [0.1, 0.15) is 104 Å². The molecule has 0 bridgehead atoms. The first-order chi connectivity index (χ1) is 16.0. The summed E-state index contributed by atoms with van der Waals surface area (Å²) in [6, 6.07) is 0. The van der Waals surface area contributed by atoms with Crippen molar-refractivity contribution in [1.29, 1.82) is 0 Å². The van der Waals surface area contributed by atoms with Crippen LogP contribution >= 0.6 is 0 Å². The molecule has 1 aliphatic carbocycles. The molecule has 0 amide bonds. The summed E-state index contributed by atoms with van der Waals surface area (Å²) >= 11 is 0. The molecule has 0 N–H and O–H groups in total. The van der Waals surface area contributed by atoms with Crippen molar-refractivity contribution in [3.63, 3.8) is 0 Å². The highest BCUT2D eigenvalue weighted by Gasteiger charge is 2.59. The van der Waals surface area contributed by atoms with Crippen LogP contribution < -0.4 is 0 Å². The zero-order chi connectivity index (χ0) is 23.5. The van der Waals surface area contributed by atoms with Crippen LogP contribution in [-0.2, 0) is 23.7 Å². The van der Waals surface area contributed by atoms with Crippen LogP contribution in [0.4, 0.5) is 0 Å². The topological polar surface area (TPSA) is 49.4 Å². The van der Waals surface area contributed by atoms with Gasteiger partial charge in [-0.15, -0.1) is 0 Å². The van der Waals surface area contributed by atoms with Crippen molar-refractivity contribution >= 4 is 0 Å². The van der Waals surface area contributed by atoms with Crippen molar-refractivity contribution in [3.05, 3.63) is 0 Å². The first kappa shape index (κ1) is 27.3. The SMILES string of the molecule is CCCCCCCCCCOC1C(C(C)OCCCN(C)C)OC2OC3(CCCCC3)OC21. The summed E-state index contributed by atoms with van der Waals surface area (Å²) in [5, 5.41) is 0. The van der Waals surface area contributed by atoms with Gasteiger partial charge in [-0.3, -0.25) is 0 Å². The first-order valence-corrected chi connectivity index (χ1v) is 13.9. The van der Waals surface area contributed by atoms with Crippen LogP contribution in [-0.4, -0.2) is 75.2 Å². The van der Waals surface area contributed by atoms with E-state index < -0.39 is 5.79 Å². The van der Waals surface area contributed by atoms with Crippen molar-refractivity contribution in [1.82, 2.24) is 4.90 Å². The van der Waals surface area contributed by atoms with Gasteiger partial charge in [0.05, 0.1) is 6.10 Å². The average Bonchev–Trinajstić information content (AvgIpc) is 3.30. The molecule has 6 heteroatoms. The lowest BCUT2D eigenvalue weighted by atomic mass is 9.94. The normalized spacial score (nSPS) is 29.7. The van der Waals surface area contributed by atoms with Crippen molar-refractivity contribution in [2.45, 2.75) is 140 Å². The van der Waals surface area contributed by atoms with Crippen LogP contribution in [0.3, 0.4) is 0 Å². The van der Waals surface area contributed by atoms with Crippen molar-refractivity contribution in [3.8, 4) is 0 Å². The highest BCUT2D eigenvalue weighted by molar-refractivity contribution is 4.98. The third-order valence-corrected chi connectivity index (χ3v) is 7.41. The van der Waals surface area contributed by atoms with Gasteiger partial charge in [0.1, 0.15) is 18.3 Å². The molecular weight excluding hydrogens is 418 g/mol. The summed E-state index contributed by atoms with van der Waals surface area (Å²) in [5.74, 6) is -0.450. The molecule has 194 valence electrons. The van der Waals surface area contributed by atoms with E-state index in [9.17, 15) is 0 Å². The number of rotatable bonds is 16. The molecule has 5 unspecified atom stereocenters. The summed E-state index contributed by atoms with van der Waals surface area (Å²) in [5.41, 5.74) is 0. The van der Waals surface area contributed by atoms with Gasteiger partial charge in [0.15, 0.2) is 12.1 Å². The van der Waals surface area contributed by atoms with Crippen molar-refractivity contribution in [2.24, 2.45) is 0 Å². The Hall–Kier alpha value is -0.240. The van der Waals surface area contributed by atoms with Gasteiger partial charge in [0, 0.05) is 26.1 Å². The predicted octanol–water partition coefficient (Wildman–Crippen LogP) is 5.67. The Balaban J connectivity index is 1.46. The number of ether oxygens (including phenoxy) is 5. The fourth-order valence-corrected chi connectivity index (χ4v) is 5.45. The number of unbranched alkanes of at least 4 members (excludes halogenated alkanes) is 7. The Kier molecular flexibility index (Phi) is 11.9. The molecule has 0 aromatic carbocycles. The minimum atomic E-state index is -0.450. The number of nitrogens with zero attached hydrogens (tertiary/aromatic N) is 1. The maximum Gasteiger partial charge on any atom is 0.190 e. The molecule has 1 saturated carbocycles. The second-order valence-electron chi connectivity index (χ2n) is 10.7. The second-order valence-corrected chi connectivity index (χ2v) is 10.7. The molecule has 2 saturated heterocycles. The van der Waals surface area contributed by atoms with Crippen LogP contribution in [0.15, 0.2) is 0 Å². The molecule has 33 heavy (non-hydrogen) atoms. The van der Waals surface area contributed by atoms with E-state index in [2.05, 4.69) is 32.8 Å². The third kappa shape index (κ3) is 8.43. The summed E-state index contributed by atoms with van der Waals surface area (Å²) in [6.07, 6.45) is 16.2. The first-order valence-electron chi connectivity index (χ1n) is 13.9. The van der Waals surface area contributed by atoms with Gasteiger partial charge < -0.3 is 28.6 Å². The molecule has 5 atom stereocenters. The van der Waals surface area contributed by atoms with Crippen LogP contribution in [0.25, 0.3) is 0 Å². The highest BCUT2D eigenvalue weighted by Crippen LogP contribution is 2.46. The quantitative estimate of drug-likeness (QED) is 0.272. The van der Waals surface area contributed by atoms with Gasteiger partial charge in [-0.25, -0.2) is 0 Å². The molecule has 3 fully saturated rings. The molecule has 1 spiro atoms. The van der Waals surface area contributed by atoms with Gasteiger partial charge in [-0.2, -0.15) is 0 Å². The summed E-state index contributed by atoms with van der Waals surface area (Å²) in [7, 11) is 4.19. The van der Waals surface area contributed by atoms with E-state index in [-0.39, 0.29) is 30.7 Å². The lowest BCUT2D eigenvalue weighted by molar-refractivity contribution is -0.257. The Labute approximate surface area is 203 Å². The minimum absolute atomic E-state index is 0.0455. The predicted molar refractivity (Wildman–Crippen MR) is 131 cm³/mol. The number of hydrogen-bond donors (Lipinski definition) is 0. The Morgan fingerprint density at radius 3 is 2.27 bits per heavy atom. The minimum Gasteiger partial charge on any atom is -0.376 e. The maximum absolute atomic E-state index is 6.56. The maximum atomic E-state index is 6.56. The number of fused-ring (bicyclic) bond motifs is 1. The molecule has 3 aliphatic rings. The molecule has 0 aromatic rings. The fourth-order valence-electron chi connectivity index (χ4n) is 5.45. The van der Waals surface area contributed by atoms with Crippen molar-refractivity contribution < 1.29 is 23.7 Å². The second kappa shape index (κ2) is 14.4. The summed E-state index contributed by atoms with van der Waals surface area (Å²) < 4.78 is 32.0. The average molecular weight is 470 g/mol. The standard InChI is InChI=1S/C27H51NO5/c1-5-6-7-8-9-10-11-15-20-30-24-23(22(2)29-21-16-19-28(3)4)31-26-25(24)32-27(33-26)17-13-12-14-18-27/h22-26H,5-21H2,1-4H3. The number of hydrogen-bond acceptors (Lipinski definition) is 6. The summed E-state index contributed by atoms with van der Waals surface area (Å²) in [6.45, 7) is 6.88. The Morgan fingerprint density at radius 1 is 0.879 bits per heavy atom.